The normalized spacial score (nSPS) is 25.5. The molecule has 2 aliphatic rings. The smallest absolute Gasteiger partial charge is 0.243 e. The van der Waals surface area contributed by atoms with Crippen molar-refractivity contribution in [2.75, 3.05) is 38.2 Å². The summed E-state index contributed by atoms with van der Waals surface area (Å²) in [6, 6.07) is 5.49. The number of rotatable bonds is 5. The molecule has 3 N–H and O–H groups in total. The minimum Gasteiger partial charge on any atom is -0.495 e. The van der Waals surface area contributed by atoms with E-state index in [4.69, 9.17) is 16.3 Å². The third kappa shape index (κ3) is 4.28. The summed E-state index contributed by atoms with van der Waals surface area (Å²) in [7, 11) is 1.62. The van der Waals surface area contributed by atoms with Crippen molar-refractivity contribution in [2.45, 2.75) is 31.7 Å². The van der Waals surface area contributed by atoms with Gasteiger partial charge in [-0.2, -0.15) is 0 Å². The maximum atomic E-state index is 12.5. The lowest BCUT2D eigenvalue weighted by Gasteiger charge is -2.37. The lowest BCUT2D eigenvalue weighted by molar-refractivity contribution is -0.132. The van der Waals surface area contributed by atoms with E-state index in [0.717, 1.165) is 11.4 Å². The van der Waals surface area contributed by atoms with Crippen molar-refractivity contribution >= 4 is 29.1 Å². The molecule has 2 aliphatic heterocycles. The fraction of sp³-hybridized carbons (Fsp3) is 0.556. The van der Waals surface area contributed by atoms with Crippen molar-refractivity contribution in [1.82, 2.24) is 15.5 Å². The van der Waals surface area contributed by atoms with Crippen LogP contribution in [0, 0.1) is 0 Å². The molecule has 1 aromatic carbocycles. The molecule has 1 aromatic rings. The Kier molecular flexibility index (Phi) is 5.78. The number of carbonyl (C=O) groups is 2. The Morgan fingerprint density at radius 1 is 1.37 bits per heavy atom. The van der Waals surface area contributed by atoms with Gasteiger partial charge in [-0.15, -0.1) is 0 Å². The maximum Gasteiger partial charge on any atom is 0.243 e. The molecule has 148 valence electrons. The molecule has 2 amide bonds. The number of hydrogen-bond donors (Lipinski definition) is 3. The van der Waals surface area contributed by atoms with Crippen molar-refractivity contribution in [2.24, 2.45) is 0 Å². The number of halogens is 1. The van der Waals surface area contributed by atoms with E-state index in [1.165, 1.54) is 0 Å². The van der Waals surface area contributed by atoms with Crippen LogP contribution in [0.5, 0.6) is 5.75 Å². The summed E-state index contributed by atoms with van der Waals surface area (Å²) < 4.78 is 5.41. The summed E-state index contributed by atoms with van der Waals surface area (Å²) in [5, 5.41) is 15.3. The molecule has 0 bridgehead atoms. The number of anilines is 1. The van der Waals surface area contributed by atoms with Gasteiger partial charge in [0.1, 0.15) is 5.75 Å². The first-order valence-electron chi connectivity index (χ1n) is 8.95. The lowest BCUT2D eigenvalue weighted by Crippen LogP contribution is -2.50. The average Bonchev–Trinajstić information content (AvgIpc) is 2.92. The van der Waals surface area contributed by atoms with Gasteiger partial charge >= 0.3 is 0 Å². The van der Waals surface area contributed by atoms with E-state index in [2.05, 4.69) is 15.5 Å². The lowest BCUT2D eigenvalue weighted by atomic mass is 9.96. The van der Waals surface area contributed by atoms with Crippen molar-refractivity contribution in [1.29, 1.82) is 0 Å². The second kappa shape index (κ2) is 7.92. The van der Waals surface area contributed by atoms with Crippen LogP contribution in [0.4, 0.5) is 5.69 Å². The van der Waals surface area contributed by atoms with E-state index in [9.17, 15) is 14.7 Å². The molecule has 27 heavy (non-hydrogen) atoms. The van der Waals surface area contributed by atoms with Crippen LogP contribution in [0.1, 0.15) is 19.8 Å². The Hall–Kier alpha value is -2.03. The van der Waals surface area contributed by atoms with Gasteiger partial charge in [0.2, 0.25) is 11.8 Å². The molecule has 2 saturated heterocycles. The van der Waals surface area contributed by atoms with Gasteiger partial charge in [-0.05, 0) is 31.5 Å². The van der Waals surface area contributed by atoms with Gasteiger partial charge in [-0.1, -0.05) is 11.6 Å². The van der Waals surface area contributed by atoms with E-state index in [0.29, 0.717) is 37.6 Å². The Morgan fingerprint density at radius 2 is 2.07 bits per heavy atom. The van der Waals surface area contributed by atoms with Gasteiger partial charge in [-0.3, -0.25) is 14.9 Å². The van der Waals surface area contributed by atoms with Gasteiger partial charge < -0.3 is 25.0 Å². The third-order valence-electron chi connectivity index (χ3n) is 5.18. The van der Waals surface area contributed by atoms with Gasteiger partial charge in [0.05, 0.1) is 18.3 Å². The molecule has 2 heterocycles. The topological polar surface area (TPSA) is 94.1 Å². The van der Waals surface area contributed by atoms with E-state index in [1.807, 2.05) is 12.1 Å². The number of hydrogen-bond acceptors (Lipinski definition) is 6. The zero-order chi connectivity index (χ0) is 19.6. The zero-order valence-corrected chi connectivity index (χ0v) is 16.3. The van der Waals surface area contributed by atoms with Crippen molar-refractivity contribution in [3.05, 3.63) is 23.2 Å². The summed E-state index contributed by atoms with van der Waals surface area (Å²) in [4.78, 5) is 28.4. The molecule has 2 fully saturated rings. The van der Waals surface area contributed by atoms with Gasteiger partial charge in [0.15, 0.2) is 6.35 Å². The molecule has 9 heteroatoms. The number of piperazine rings is 1. The fourth-order valence-electron chi connectivity index (χ4n) is 3.49. The monoisotopic (exact) mass is 396 g/mol. The number of methoxy groups -OCH3 is 1. The molecule has 0 aromatic heterocycles. The number of aliphatic hydroxyl groups is 1. The second-order valence-corrected chi connectivity index (χ2v) is 7.47. The quantitative estimate of drug-likeness (QED) is 0.672. The van der Waals surface area contributed by atoms with Gasteiger partial charge in [-0.25, -0.2) is 0 Å². The number of aliphatic hydroxyl groups excluding tert-OH is 1. The summed E-state index contributed by atoms with van der Waals surface area (Å²) in [5.74, 6) is 0.467. The highest BCUT2D eigenvalue weighted by Gasteiger charge is 2.42. The van der Waals surface area contributed by atoms with E-state index in [1.54, 1.807) is 25.0 Å². The highest BCUT2D eigenvalue weighted by molar-refractivity contribution is 6.30. The molecule has 0 saturated carbocycles. The molecular weight excluding hydrogens is 372 g/mol. The van der Waals surface area contributed by atoms with E-state index in [-0.39, 0.29) is 18.2 Å². The zero-order valence-electron chi connectivity index (χ0n) is 15.5. The Bertz CT molecular complexity index is 723. The number of amides is 2. The second-order valence-electron chi connectivity index (χ2n) is 7.04. The number of benzene rings is 1. The van der Waals surface area contributed by atoms with Crippen LogP contribution in [0.15, 0.2) is 18.2 Å². The molecular formula is C18H25ClN4O4. The Balaban J connectivity index is 1.54. The first-order valence-corrected chi connectivity index (χ1v) is 9.33. The standard InChI is InChI=1S/C18H25ClN4O4/c1-18(16(25)20-17(26)21-18)6-5-15(24)23-9-7-22(8-10-23)13-11-12(19)3-4-14(13)27-2/h3-4,11,17,21,26H,5-10H2,1-2H3,(H,20,25)/t17?,18-/m1/s1. The molecule has 2 atom stereocenters. The van der Waals surface area contributed by atoms with E-state index >= 15 is 0 Å². The van der Waals surface area contributed by atoms with Crippen LogP contribution >= 0.6 is 11.6 Å². The Morgan fingerprint density at radius 3 is 2.67 bits per heavy atom. The maximum absolute atomic E-state index is 12.5. The fourth-order valence-corrected chi connectivity index (χ4v) is 3.66. The predicted molar refractivity (Wildman–Crippen MR) is 102 cm³/mol. The summed E-state index contributed by atoms with van der Waals surface area (Å²) in [6.07, 6.45) is -0.491. The predicted octanol–water partition coefficient (Wildman–Crippen LogP) is 0.531. The summed E-state index contributed by atoms with van der Waals surface area (Å²) >= 11 is 6.11. The van der Waals surface area contributed by atoms with Crippen LogP contribution < -0.4 is 20.3 Å². The molecule has 0 aliphatic carbocycles. The van der Waals surface area contributed by atoms with Crippen LogP contribution in [0.25, 0.3) is 0 Å². The number of carbonyl (C=O) groups excluding carboxylic acids is 2. The summed E-state index contributed by atoms with van der Waals surface area (Å²) in [6.45, 7) is 4.23. The van der Waals surface area contributed by atoms with Crippen LogP contribution in [-0.4, -0.2) is 67.0 Å². The largest absolute Gasteiger partial charge is 0.495 e. The molecule has 0 radical (unpaired) electrons. The van der Waals surface area contributed by atoms with Gasteiger partial charge in [0, 0.05) is 37.6 Å². The first-order chi connectivity index (χ1) is 12.8. The van der Waals surface area contributed by atoms with Crippen LogP contribution in [0.2, 0.25) is 5.02 Å². The van der Waals surface area contributed by atoms with Crippen molar-refractivity contribution in [3.8, 4) is 5.75 Å². The SMILES string of the molecule is COc1ccc(Cl)cc1N1CCN(C(=O)CC[C@@]2(C)NC(O)NC2=O)CC1. The van der Waals surface area contributed by atoms with Crippen molar-refractivity contribution in [3.63, 3.8) is 0 Å². The highest BCUT2D eigenvalue weighted by atomic mass is 35.5. The molecule has 8 nitrogen and oxygen atoms in total. The minimum atomic E-state index is -1.06. The average molecular weight is 397 g/mol. The molecule has 0 spiro atoms. The van der Waals surface area contributed by atoms with E-state index < -0.39 is 11.9 Å². The third-order valence-corrected chi connectivity index (χ3v) is 5.41. The van der Waals surface area contributed by atoms with Crippen LogP contribution in [-0.2, 0) is 9.59 Å². The summed E-state index contributed by atoms with van der Waals surface area (Å²) in [5.41, 5.74) is -0.00385. The molecule has 3 rings (SSSR count). The van der Waals surface area contributed by atoms with Crippen molar-refractivity contribution < 1.29 is 19.4 Å². The molecule has 1 unspecified atom stereocenters. The number of nitrogens with zero attached hydrogens (tertiary/aromatic N) is 2. The van der Waals surface area contributed by atoms with Crippen LogP contribution in [0.3, 0.4) is 0 Å². The Labute approximate surface area is 163 Å². The minimum absolute atomic E-state index is 0.00456. The van der Waals surface area contributed by atoms with Gasteiger partial charge in [0.25, 0.3) is 0 Å². The highest BCUT2D eigenvalue weighted by Crippen LogP contribution is 2.32. The number of ether oxygens (including phenoxy) is 1. The number of nitrogens with one attached hydrogen (secondary N) is 2. The first kappa shape index (κ1) is 19.7.